The van der Waals surface area contributed by atoms with E-state index in [9.17, 15) is 18.0 Å². The molecule has 1 saturated heterocycles. The van der Waals surface area contributed by atoms with E-state index in [0.717, 1.165) is 10.5 Å². The van der Waals surface area contributed by atoms with Gasteiger partial charge in [0.1, 0.15) is 12.2 Å². The lowest BCUT2D eigenvalue weighted by Gasteiger charge is -2.34. The van der Waals surface area contributed by atoms with Crippen molar-refractivity contribution in [1.29, 1.82) is 0 Å². The van der Waals surface area contributed by atoms with Gasteiger partial charge in [0.25, 0.3) is 5.91 Å². The van der Waals surface area contributed by atoms with Crippen molar-refractivity contribution in [2.24, 2.45) is 7.05 Å². The third kappa shape index (κ3) is 4.24. The first kappa shape index (κ1) is 18.4. The monoisotopic (exact) mass is 367 g/mol. The first-order valence-electron chi connectivity index (χ1n) is 8.40. The van der Waals surface area contributed by atoms with Crippen molar-refractivity contribution in [1.82, 2.24) is 14.7 Å². The topological polar surface area (TPSA) is 47.4 Å². The fourth-order valence-corrected chi connectivity index (χ4v) is 3.12. The molecule has 0 bridgehead atoms. The molecule has 0 aliphatic carbocycles. The smallest absolute Gasteiger partial charge is 0.381 e. The second-order valence-corrected chi connectivity index (χ2v) is 6.30. The average molecular weight is 367 g/mol. The highest BCUT2D eigenvalue weighted by molar-refractivity contribution is 5.94. The zero-order valence-electron chi connectivity index (χ0n) is 14.4. The van der Waals surface area contributed by atoms with Crippen LogP contribution in [-0.2, 0) is 11.8 Å². The molecule has 0 spiro atoms. The van der Waals surface area contributed by atoms with Crippen molar-refractivity contribution in [3.05, 3.63) is 42.1 Å². The lowest BCUT2D eigenvalue weighted by molar-refractivity contribution is -0.147. The van der Waals surface area contributed by atoms with E-state index in [0.29, 0.717) is 31.7 Å². The Morgan fingerprint density at radius 2 is 1.92 bits per heavy atom. The number of carbonyl (C=O) groups is 1. The Bertz CT molecular complexity index is 753. The van der Waals surface area contributed by atoms with E-state index in [4.69, 9.17) is 4.74 Å². The van der Waals surface area contributed by atoms with Gasteiger partial charge in [-0.1, -0.05) is 30.3 Å². The van der Waals surface area contributed by atoms with Gasteiger partial charge in [-0.05, 0) is 18.9 Å². The summed E-state index contributed by atoms with van der Waals surface area (Å²) in [7, 11) is 1.56. The van der Waals surface area contributed by atoms with Crippen LogP contribution < -0.4 is 0 Å². The number of hydrogen-bond donors (Lipinski definition) is 0. The molecule has 1 aliphatic rings. The molecular formula is C18H20F3N3O2. The van der Waals surface area contributed by atoms with Crippen molar-refractivity contribution in [3.8, 4) is 11.3 Å². The molecule has 0 saturated carbocycles. The molecule has 8 heteroatoms. The van der Waals surface area contributed by atoms with Gasteiger partial charge < -0.3 is 9.64 Å². The van der Waals surface area contributed by atoms with E-state index in [1.54, 1.807) is 13.1 Å². The van der Waals surface area contributed by atoms with Crippen molar-refractivity contribution in [2.45, 2.75) is 25.1 Å². The molecule has 1 fully saturated rings. The summed E-state index contributed by atoms with van der Waals surface area (Å²) in [6.45, 7) is -0.567. The third-order valence-electron chi connectivity index (χ3n) is 4.41. The van der Waals surface area contributed by atoms with Crippen LogP contribution in [0.15, 0.2) is 36.4 Å². The minimum Gasteiger partial charge on any atom is -0.381 e. The van der Waals surface area contributed by atoms with Crippen LogP contribution in [0, 0.1) is 0 Å². The maximum absolute atomic E-state index is 13.1. The second-order valence-electron chi connectivity index (χ2n) is 6.30. The van der Waals surface area contributed by atoms with E-state index < -0.39 is 24.7 Å². The predicted octanol–water partition coefficient (Wildman–Crippen LogP) is 3.27. The summed E-state index contributed by atoms with van der Waals surface area (Å²) in [5, 5.41) is 4.29. The number of aryl methyl sites for hydroxylation is 1. The number of carbonyl (C=O) groups excluding carboxylic acids is 1. The molecule has 0 radical (unpaired) electrons. The van der Waals surface area contributed by atoms with E-state index in [1.807, 2.05) is 30.3 Å². The Labute approximate surface area is 149 Å². The fourth-order valence-electron chi connectivity index (χ4n) is 3.12. The number of amides is 1. The number of benzene rings is 1. The lowest BCUT2D eigenvalue weighted by Crippen LogP contribution is -2.48. The molecule has 1 aliphatic heterocycles. The molecule has 0 atom stereocenters. The number of hydrogen-bond acceptors (Lipinski definition) is 3. The summed E-state index contributed by atoms with van der Waals surface area (Å²) < 4.78 is 45.7. The molecule has 1 aromatic heterocycles. The Morgan fingerprint density at radius 3 is 2.54 bits per heavy atom. The van der Waals surface area contributed by atoms with Crippen LogP contribution >= 0.6 is 0 Å². The first-order chi connectivity index (χ1) is 12.3. The van der Waals surface area contributed by atoms with Crippen LogP contribution in [-0.4, -0.2) is 52.6 Å². The third-order valence-corrected chi connectivity index (χ3v) is 4.41. The zero-order valence-corrected chi connectivity index (χ0v) is 14.4. The van der Waals surface area contributed by atoms with Gasteiger partial charge in [-0.2, -0.15) is 18.3 Å². The number of halogens is 3. The largest absolute Gasteiger partial charge is 0.406 e. The molecule has 2 heterocycles. The van der Waals surface area contributed by atoms with Gasteiger partial charge in [-0.25, -0.2) is 0 Å². The van der Waals surface area contributed by atoms with Crippen LogP contribution in [0.1, 0.15) is 23.3 Å². The number of nitrogens with zero attached hydrogens (tertiary/aromatic N) is 3. The van der Waals surface area contributed by atoms with Crippen molar-refractivity contribution < 1.29 is 22.7 Å². The van der Waals surface area contributed by atoms with Gasteiger partial charge in [0.15, 0.2) is 0 Å². The molecule has 3 rings (SSSR count). The molecule has 0 unspecified atom stereocenters. The van der Waals surface area contributed by atoms with Gasteiger partial charge in [-0.15, -0.1) is 0 Å². The number of rotatable bonds is 4. The van der Waals surface area contributed by atoms with Gasteiger partial charge in [0.2, 0.25) is 0 Å². The highest BCUT2D eigenvalue weighted by Gasteiger charge is 2.38. The van der Waals surface area contributed by atoms with Crippen molar-refractivity contribution in [2.75, 3.05) is 19.8 Å². The molecule has 1 aromatic carbocycles. The van der Waals surface area contributed by atoms with Crippen LogP contribution in [0.25, 0.3) is 11.3 Å². The summed E-state index contributed by atoms with van der Waals surface area (Å²) in [5.74, 6) is -0.661. The van der Waals surface area contributed by atoms with Gasteiger partial charge in [0, 0.05) is 31.9 Å². The van der Waals surface area contributed by atoms with E-state index >= 15 is 0 Å². The maximum atomic E-state index is 13.1. The van der Waals surface area contributed by atoms with Crippen LogP contribution in [0.4, 0.5) is 13.2 Å². The van der Waals surface area contributed by atoms with Gasteiger partial charge in [0.05, 0.1) is 5.69 Å². The molecule has 140 valence electrons. The second kappa shape index (κ2) is 7.49. The Balaban J connectivity index is 1.90. The minimum absolute atomic E-state index is 0.139. The highest BCUT2D eigenvalue weighted by atomic mass is 19.4. The first-order valence-corrected chi connectivity index (χ1v) is 8.40. The van der Waals surface area contributed by atoms with Gasteiger partial charge >= 0.3 is 6.18 Å². The van der Waals surface area contributed by atoms with Crippen LogP contribution in [0.3, 0.4) is 0 Å². The number of alkyl halides is 3. The summed E-state index contributed by atoms with van der Waals surface area (Å²) in [6.07, 6.45) is -3.68. The molecule has 2 aromatic rings. The Hall–Kier alpha value is -2.35. The summed E-state index contributed by atoms with van der Waals surface area (Å²) >= 11 is 0. The fraction of sp³-hybridized carbons (Fsp3) is 0.444. The maximum Gasteiger partial charge on any atom is 0.406 e. The summed E-state index contributed by atoms with van der Waals surface area (Å²) in [6, 6.07) is 10.3. The molecular weight excluding hydrogens is 347 g/mol. The molecule has 5 nitrogen and oxygen atoms in total. The quantitative estimate of drug-likeness (QED) is 0.833. The van der Waals surface area contributed by atoms with E-state index in [-0.39, 0.29) is 5.69 Å². The van der Waals surface area contributed by atoms with Crippen molar-refractivity contribution >= 4 is 5.91 Å². The highest BCUT2D eigenvalue weighted by Crippen LogP contribution is 2.25. The molecule has 1 amide bonds. The van der Waals surface area contributed by atoms with Crippen LogP contribution in [0.5, 0.6) is 0 Å². The van der Waals surface area contributed by atoms with Crippen molar-refractivity contribution in [3.63, 3.8) is 0 Å². The standard InChI is InChI=1S/C18H20F3N3O2/c1-23-16(11-15(22-23)13-5-3-2-4-6-13)17(25)24(12-18(19,20)21)14-7-9-26-10-8-14/h2-6,11,14H,7-10,12H2,1H3. The Morgan fingerprint density at radius 1 is 1.27 bits per heavy atom. The van der Waals surface area contributed by atoms with E-state index in [2.05, 4.69) is 5.10 Å². The van der Waals surface area contributed by atoms with Gasteiger partial charge in [-0.3, -0.25) is 9.48 Å². The summed E-state index contributed by atoms with van der Waals surface area (Å²) in [5.41, 5.74) is 1.49. The Kier molecular flexibility index (Phi) is 5.31. The minimum atomic E-state index is -4.46. The number of ether oxygens (including phenoxy) is 1. The van der Waals surface area contributed by atoms with Crippen LogP contribution in [0.2, 0.25) is 0 Å². The zero-order chi connectivity index (χ0) is 18.7. The normalized spacial score (nSPS) is 15.8. The summed E-state index contributed by atoms with van der Waals surface area (Å²) in [4.78, 5) is 13.8. The molecule has 0 N–H and O–H groups in total. The van der Waals surface area contributed by atoms with E-state index in [1.165, 1.54) is 4.68 Å². The number of aromatic nitrogens is 2. The molecule has 26 heavy (non-hydrogen) atoms. The average Bonchev–Trinajstić information content (AvgIpc) is 3.02. The lowest BCUT2D eigenvalue weighted by atomic mass is 10.1. The SMILES string of the molecule is Cn1nc(-c2ccccc2)cc1C(=O)N(CC(F)(F)F)C1CCOCC1. The predicted molar refractivity (Wildman–Crippen MR) is 89.6 cm³/mol.